The summed E-state index contributed by atoms with van der Waals surface area (Å²) in [5, 5.41) is 5.21. The summed E-state index contributed by atoms with van der Waals surface area (Å²) >= 11 is 0. The van der Waals surface area contributed by atoms with Crippen LogP contribution in [0, 0.1) is 0 Å². The zero-order chi connectivity index (χ0) is 14.5. The van der Waals surface area contributed by atoms with Crippen LogP contribution in [0.4, 0.5) is 10.5 Å². The quantitative estimate of drug-likeness (QED) is 0.872. The van der Waals surface area contributed by atoms with Gasteiger partial charge in [-0.15, -0.1) is 0 Å². The van der Waals surface area contributed by atoms with Gasteiger partial charge in [-0.25, -0.2) is 4.79 Å². The van der Waals surface area contributed by atoms with Gasteiger partial charge < -0.3 is 10.2 Å². The number of urea groups is 1. The number of carbonyl (C=O) groups excluding carboxylic acids is 1. The summed E-state index contributed by atoms with van der Waals surface area (Å²) in [7, 11) is 1.85. The number of anilines is 1. The Hall–Kier alpha value is -2.03. The van der Waals surface area contributed by atoms with Crippen molar-refractivity contribution < 1.29 is 4.79 Å². The molecule has 1 N–H and O–H groups in total. The SMILES string of the molecule is CCCC(C)N(C)C(=O)Nc1cccc2ccccc12. The summed E-state index contributed by atoms with van der Waals surface area (Å²) in [5.41, 5.74) is 0.864. The Morgan fingerprint density at radius 1 is 1.20 bits per heavy atom. The first-order chi connectivity index (χ1) is 9.63. The molecule has 0 saturated heterocycles. The highest BCUT2D eigenvalue weighted by atomic mass is 16.2. The summed E-state index contributed by atoms with van der Waals surface area (Å²) in [5.74, 6) is 0. The van der Waals surface area contributed by atoms with Gasteiger partial charge in [-0.2, -0.15) is 0 Å². The van der Waals surface area contributed by atoms with Gasteiger partial charge in [0.25, 0.3) is 0 Å². The van der Waals surface area contributed by atoms with E-state index in [4.69, 9.17) is 0 Å². The molecule has 2 rings (SSSR count). The van der Waals surface area contributed by atoms with Gasteiger partial charge in [-0.1, -0.05) is 49.7 Å². The number of carbonyl (C=O) groups is 1. The van der Waals surface area contributed by atoms with Crippen LogP contribution >= 0.6 is 0 Å². The lowest BCUT2D eigenvalue weighted by Crippen LogP contribution is -2.38. The Morgan fingerprint density at radius 2 is 1.90 bits per heavy atom. The van der Waals surface area contributed by atoms with Crippen molar-refractivity contribution in [1.29, 1.82) is 0 Å². The highest BCUT2D eigenvalue weighted by molar-refractivity contribution is 6.01. The fraction of sp³-hybridized carbons (Fsp3) is 0.353. The van der Waals surface area contributed by atoms with Crippen LogP contribution in [0.3, 0.4) is 0 Å². The van der Waals surface area contributed by atoms with Crippen molar-refractivity contribution in [1.82, 2.24) is 4.90 Å². The molecule has 2 amide bonds. The van der Waals surface area contributed by atoms with Crippen molar-refractivity contribution >= 4 is 22.5 Å². The van der Waals surface area contributed by atoms with Crippen LogP contribution in [-0.4, -0.2) is 24.0 Å². The Balaban J connectivity index is 2.18. The molecule has 1 unspecified atom stereocenters. The van der Waals surface area contributed by atoms with E-state index in [1.165, 1.54) is 0 Å². The predicted molar refractivity (Wildman–Crippen MR) is 85.1 cm³/mol. The third kappa shape index (κ3) is 3.10. The minimum Gasteiger partial charge on any atom is -0.325 e. The molecule has 0 heterocycles. The molecule has 3 nitrogen and oxygen atoms in total. The fourth-order valence-corrected chi connectivity index (χ4v) is 2.35. The van der Waals surface area contributed by atoms with E-state index in [-0.39, 0.29) is 12.1 Å². The molecule has 2 aromatic carbocycles. The fourth-order valence-electron chi connectivity index (χ4n) is 2.35. The molecule has 0 aromatic heterocycles. The minimum atomic E-state index is -0.0534. The molecule has 0 saturated carbocycles. The Labute approximate surface area is 120 Å². The van der Waals surface area contributed by atoms with E-state index in [0.717, 1.165) is 29.3 Å². The lowest BCUT2D eigenvalue weighted by molar-refractivity contribution is 0.205. The van der Waals surface area contributed by atoms with Crippen LogP contribution in [0.2, 0.25) is 0 Å². The van der Waals surface area contributed by atoms with Gasteiger partial charge in [0, 0.05) is 18.5 Å². The zero-order valence-electron chi connectivity index (χ0n) is 12.4. The third-order valence-electron chi connectivity index (χ3n) is 3.72. The number of fused-ring (bicyclic) bond motifs is 1. The predicted octanol–water partition coefficient (Wildman–Crippen LogP) is 4.49. The second-order valence-electron chi connectivity index (χ2n) is 5.21. The Kier molecular flexibility index (Phi) is 4.61. The van der Waals surface area contributed by atoms with Gasteiger partial charge in [-0.3, -0.25) is 0 Å². The molecular weight excluding hydrogens is 248 g/mol. The number of benzene rings is 2. The van der Waals surface area contributed by atoms with Gasteiger partial charge in [0.2, 0.25) is 0 Å². The number of rotatable bonds is 4. The van der Waals surface area contributed by atoms with E-state index < -0.39 is 0 Å². The third-order valence-corrected chi connectivity index (χ3v) is 3.72. The zero-order valence-corrected chi connectivity index (χ0v) is 12.4. The van der Waals surface area contributed by atoms with Crippen molar-refractivity contribution in [2.45, 2.75) is 32.7 Å². The second-order valence-corrected chi connectivity index (χ2v) is 5.21. The first-order valence-corrected chi connectivity index (χ1v) is 7.15. The maximum absolute atomic E-state index is 12.3. The molecule has 0 aliphatic carbocycles. The standard InChI is InChI=1S/C17H22N2O/c1-4-8-13(2)19(3)17(20)18-16-12-7-10-14-9-5-6-11-15(14)16/h5-7,9-13H,4,8H2,1-3H3,(H,18,20). The van der Waals surface area contributed by atoms with Crippen molar-refractivity contribution in [2.24, 2.45) is 0 Å². The van der Waals surface area contributed by atoms with E-state index in [2.05, 4.69) is 31.3 Å². The van der Waals surface area contributed by atoms with Crippen LogP contribution < -0.4 is 5.32 Å². The summed E-state index contributed by atoms with van der Waals surface area (Å²) in [6.45, 7) is 4.21. The van der Waals surface area contributed by atoms with Gasteiger partial charge >= 0.3 is 6.03 Å². The smallest absolute Gasteiger partial charge is 0.321 e. The molecule has 0 radical (unpaired) electrons. The second kappa shape index (κ2) is 6.42. The van der Waals surface area contributed by atoms with Crippen molar-refractivity contribution in [3.63, 3.8) is 0 Å². The number of nitrogens with zero attached hydrogens (tertiary/aromatic N) is 1. The normalized spacial score (nSPS) is 12.2. The molecule has 3 heteroatoms. The van der Waals surface area contributed by atoms with Crippen LogP contribution in [0.5, 0.6) is 0 Å². The van der Waals surface area contributed by atoms with Crippen LogP contribution in [0.15, 0.2) is 42.5 Å². The number of amides is 2. The number of nitrogens with one attached hydrogen (secondary N) is 1. The Morgan fingerprint density at radius 3 is 2.65 bits per heavy atom. The van der Waals surface area contributed by atoms with Gasteiger partial charge in [-0.05, 0) is 24.8 Å². The molecule has 0 fully saturated rings. The summed E-state index contributed by atoms with van der Waals surface area (Å²) < 4.78 is 0. The number of hydrogen-bond acceptors (Lipinski definition) is 1. The molecule has 0 aliphatic heterocycles. The molecule has 2 aromatic rings. The van der Waals surface area contributed by atoms with Crippen molar-refractivity contribution in [3.8, 4) is 0 Å². The molecule has 0 spiro atoms. The summed E-state index contributed by atoms with van der Waals surface area (Å²) in [6, 6.07) is 14.2. The minimum absolute atomic E-state index is 0.0534. The molecule has 20 heavy (non-hydrogen) atoms. The average molecular weight is 270 g/mol. The van der Waals surface area contributed by atoms with Crippen molar-refractivity contribution in [2.75, 3.05) is 12.4 Å². The lowest BCUT2D eigenvalue weighted by Gasteiger charge is -2.25. The average Bonchev–Trinajstić information content (AvgIpc) is 2.47. The molecule has 0 bridgehead atoms. The monoisotopic (exact) mass is 270 g/mol. The lowest BCUT2D eigenvalue weighted by atomic mass is 10.1. The Bertz CT molecular complexity index is 589. The summed E-state index contributed by atoms with van der Waals surface area (Å²) in [6.07, 6.45) is 2.09. The van der Waals surface area contributed by atoms with Gasteiger partial charge in [0.1, 0.15) is 0 Å². The van der Waals surface area contributed by atoms with E-state index in [9.17, 15) is 4.79 Å². The molecular formula is C17H22N2O. The highest BCUT2D eigenvalue weighted by Gasteiger charge is 2.15. The number of hydrogen-bond donors (Lipinski definition) is 1. The first kappa shape index (κ1) is 14.4. The molecule has 1 atom stereocenters. The summed E-state index contributed by atoms with van der Waals surface area (Å²) in [4.78, 5) is 14.1. The topological polar surface area (TPSA) is 32.3 Å². The maximum Gasteiger partial charge on any atom is 0.321 e. The molecule has 0 aliphatic rings. The van der Waals surface area contributed by atoms with E-state index in [1.54, 1.807) is 4.90 Å². The van der Waals surface area contributed by atoms with Crippen LogP contribution in [0.1, 0.15) is 26.7 Å². The largest absolute Gasteiger partial charge is 0.325 e. The van der Waals surface area contributed by atoms with Crippen LogP contribution in [-0.2, 0) is 0 Å². The van der Waals surface area contributed by atoms with E-state index in [0.29, 0.717) is 0 Å². The van der Waals surface area contributed by atoms with Crippen molar-refractivity contribution in [3.05, 3.63) is 42.5 Å². The highest BCUT2D eigenvalue weighted by Crippen LogP contribution is 2.23. The molecule has 106 valence electrons. The van der Waals surface area contributed by atoms with Crippen LogP contribution in [0.25, 0.3) is 10.8 Å². The first-order valence-electron chi connectivity index (χ1n) is 7.15. The van der Waals surface area contributed by atoms with E-state index >= 15 is 0 Å². The van der Waals surface area contributed by atoms with E-state index in [1.807, 2.05) is 37.4 Å². The van der Waals surface area contributed by atoms with Gasteiger partial charge in [0.05, 0.1) is 5.69 Å². The van der Waals surface area contributed by atoms with Gasteiger partial charge in [0.15, 0.2) is 0 Å². The maximum atomic E-state index is 12.3.